The van der Waals surface area contributed by atoms with Crippen LogP contribution in [0.1, 0.15) is 60.3 Å². The Kier molecular flexibility index (Phi) is 4.24. The Bertz CT molecular complexity index is 340. The SMILES string of the molecule is CCCC1NC(C(C)CC)C(=O)N1CC1CC1(C)C. The third-order valence-corrected chi connectivity index (χ3v) is 5.21. The van der Waals surface area contributed by atoms with E-state index >= 15 is 0 Å². The van der Waals surface area contributed by atoms with Gasteiger partial charge in [-0.3, -0.25) is 10.1 Å². The van der Waals surface area contributed by atoms with Crippen LogP contribution in [-0.4, -0.2) is 29.6 Å². The summed E-state index contributed by atoms with van der Waals surface area (Å²) in [6.07, 6.45) is 4.80. The summed E-state index contributed by atoms with van der Waals surface area (Å²) in [5.41, 5.74) is 0.450. The van der Waals surface area contributed by atoms with E-state index in [0.29, 0.717) is 23.2 Å². The second-order valence-corrected chi connectivity index (χ2v) is 7.21. The van der Waals surface area contributed by atoms with Crippen LogP contribution in [0, 0.1) is 17.3 Å². The highest BCUT2D eigenvalue weighted by Crippen LogP contribution is 2.52. The zero-order valence-corrected chi connectivity index (χ0v) is 13.2. The lowest BCUT2D eigenvalue weighted by molar-refractivity contribution is -0.131. The van der Waals surface area contributed by atoms with E-state index in [9.17, 15) is 4.79 Å². The van der Waals surface area contributed by atoms with Gasteiger partial charge < -0.3 is 4.90 Å². The molecule has 0 bridgehead atoms. The molecule has 19 heavy (non-hydrogen) atoms. The summed E-state index contributed by atoms with van der Waals surface area (Å²) in [7, 11) is 0. The third-order valence-electron chi connectivity index (χ3n) is 5.21. The third kappa shape index (κ3) is 2.96. The maximum Gasteiger partial charge on any atom is 0.241 e. The number of carbonyl (C=O) groups excluding carboxylic acids is 1. The molecule has 3 heteroatoms. The number of carbonyl (C=O) groups is 1. The molecule has 1 heterocycles. The second-order valence-electron chi connectivity index (χ2n) is 7.21. The minimum absolute atomic E-state index is 0.0448. The molecule has 1 N–H and O–H groups in total. The molecule has 1 saturated heterocycles. The van der Waals surface area contributed by atoms with Crippen molar-refractivity contribution in [2.24, 2.45) is 17.3 Å². The van der Waals surface area contributed by atoms with Crippen LogP contribution in [-0.2, 0) is 4.79 Å². The van der Waals surface area contributed by atoms with Crippen molar-refractivity contribution in [3.05, 3.63) is 0 Å². The molecule has 0 aromatic rings. The lowest BCUT2D eigenvalue weighted by atomic mass is 9.99. The first kappa shape index (κ1) is 14.8. The van der Waals surface area contributed by atoms with Crippen molar-refractivity contribution in [1.29, 1.82) is 0 Å². The molecule has 0 aromatic heterocycles. The molecule has 4 unspecified atom stereocenters. The fraction of sp³-hybridized carbons (Fsp3) is 0.938. The summed E-state index contributed by atoms with van der Waals surface area (Å²) < 4.78 is 0. The molecular weight excluding hydrogens is 236 g/mol. The van der Waals surface area contributed by atoms with Crippen LogP contribution in [0.2, 0.25) is 0 Å². The van der Waals surface area contributed by atoms with E-state index in [2.05, 4.69) is 44.8 Å². The molecule has 1 aliphatic carbocycles. The van der Waals surface area contributed by atoms with Crippen molar-refractivity contribution in [1.82, 2.24) is 10.2 Å². The van der Waals surface area contributed by atoms with Gasteiger partial charge in [-0.25, -0.2) is 0 Å². The van der Waals surface area contributed by atoms with Crippen LogP contribution < -0.4 is 5.32 Å². The van der Waals surface area contributed by atoms with Crippen LogP contribution in [0.3, 0.4) is 0 Å². The van der Waals surface area contributed by atoms with Gasteiger partial charge >= 0.3 is 0 Å². The predicted octanol–water partition coefficient (Wildman–Crippen LogP) is 3.01. The van der Waals surface area contributed by atoms with Crippen molar-refractivity contribution in [2.75, 3.05) is 6.54 Å². The predicted molar refractivity (Wildman–Crippen MR) is 78.7 cm³/mol. The molecule has 0 radical (unpaired) electrons. The molecule has 2 rings (SSSR count). The number of rotatable bonds is 6. The molecule has 1 amide bonds. The van der Waals surface area contributed by atoms with Crippen LogP contribution in [0.4, 0.5) is 0 Å². The number of hydrogen-bond acceptors (Lipinski definition) is 2. The highest BCUT2D eigenvalue weighted by Gasteiger charge is 2.50. The van der Waals surface area contributed by atoms with Crippen molar-refractivity contribution in [2.45, 2.75) is 72.5 Å². The monoisotopic (exact) mass is 266 g/mol. The van der Waals surface area contributed by atoms with Gasteiger partial charge in [-0.05, 0) is 30.1 Å². The molecule has 0 spiro atoms. The Morgan fingerprint density at radius 2 is 2.05 bits per heavy atom. The number of hydrogen-bond donors (Lipinski definition) is 1. The summed E-state index contributed by atoms with van der Waals surface area (Å²) >= 11 is 0. The topological polar surface area (TPSA) is 32.3 Å². The van der Waals surface area contributed by atoms with Gasteiger partial charge in [0.05, 0.1) is 12.2 Å². The van der Waals surface area contributed by atoms with Gasteiger partial charge in [-0.2, -0.15) is 0 Å². The van der Waals surface area contributed by atoms with Gasteiger partial charge in [0.1, 0.15) is 0 Å². The van der Waals surface area contributed by atoms with E-state index in [1.807, 2.05) is 0 Å². The van der Waals surface area contributed by atoms with Gasteiger partial charge in [0.2, 0.25) is 5.91 Å². The summed E-state index contributed by atoms with van der Waals surface area (Å²) in [5, 5.41) is 3.58. The minimum Gasteiger partial charge on any atom is -0.325 e. The van der Waals surface area contributed by atoms with E-state index < -0.39 is 0 Å². The lowest BCUT2D eigenvalue weighted by Crippen LogP contribution is -2.39. The molecule has 2 aliphatic rings. The lowest BCUT2D eigenvalue weighted by Gasteiger charge is -2.24. The number of nitrogens with one attached hydrogen (secondary N) is 1. The molecule has 3 nitrogen and oxygen atoms in total. The molecule has 2 fully saturated rings. The van der Waals surface area contributed by atoms with Crippen molar-refractivity contribution >= 4 is 5.91 Å². The van der Waals surface area contributed by atoms with E-state index in [-0.39, 0.29) is 12.2 Å². The van der Waals surface area contributed by atoms with E-state index in [1.54, 1.807) is 0 Å². The van der Waals surface area contributed by atoms with E-state index in [4.69, 9.17) is 0 Å². The quantitative estimate of drug-likeness (QED) is 0.801. The van der Waals surface area contributed by atoms with Crippen LogP contribution >= 0.6 is 0 Å². The fourth-order valence-corrected chi connectivity index (χ4v) is 3.20. The second kappa shape index (κ2) is 5.43. The maximum absolute atomic E-state index is 12.6. The molecule has 4 atom stereocenters. The van der Waals surface area contributed by atoms with Crippen molar-refractivity contribution in [3.8, 4) is 0 Å². The van der Waals surface area contributed by atoms with Crippen molar-refractivity contribution in [3.63, 3.8) is 0 Å². The summed E-state index contributed by atoms with van der Waals surface area (Å²) in [6.45, 7) is 12.1. The van der Waals surface area contributed by atoms with Crippen LogP contribution in [0.25, 0.3) is 0 Å². The highest BCUT2D eigenvalue weighted by atomic mass is 16.2. The normalized spacial score (nSPS) is 34.7. The van der Waals surface area contributed by atoms with Gasteiger partial charge in [-0.15, -0.1) is 0 Å². The Balaban J connectivity index is 2.03. The molecule has 0 aromatic carbocycles. The summed E-state index contributed by atoms with van der Waals surface area (Å²) in [4.78, 5) is 14.8. The maximum atomic E-state index is 12.6. The van der Waals surface area contributed by atoms with Gasteiger partial charge in [0, 0.05) is 6.54 Å². The van der Waals surface area contributed by atoms with Gasteiger partial charge in [0.25, 0.3) is 0 Å². The zero-order valence-electron chi connectivity index (χ0n) is 13.2. The Hall–Kier alpha value is -0.570. The van der Waals surface area contributed by atoms with E-state index in [0.717, 1.165) is 25.8 Å². The fourth-order valence-electron chi connectivity index (χ4n) is 3.20. The van der Waals surface area contributed by atoms with Crippen LogP contribution in [0.5, 0.6) is 0 Å². The molecule has 110 valence electrons. The van der Waals surface area contributed by atoms with E-state index in [1.165, 1.54) is 6.42 Å². The first-order valence-corrected chi connectivity index (χ1v) is 7.97. The molecule has 1 saturated carbocycles. The Morgan fingerprint density at radius 3 is 2.53 bits per heavy atom. The smallest absolute Gasteiger partial charge is 0.241 e. The Morgan fingerprint density at radius 1 is 1.42 bits per heavy atom. The first-order valence-electron chi connectivity index (χ1n) is 7.97. The number of nitrogens with zero attached hydrogens (tertiary/aromatic N) is 1. The average molecular weight is 266 g/mol. The minimum atomic E-state index is 0.0448. The first-order chi connectivity index (χ1) is 8.90. The van der Waals surface area contributed by atoms with Gasteiger partial charge in [0.15, 0.2) is 0 Å². The van der Waals surface area contributed by atoms with Crippen LogP contribution in [0.15, 0.2) is 0 Å². The molecule has 1 aliphatic heterocycles. The largest absolute Gasteiger partial charge is 0.325 e. The summed E-state index contributed by atoms with van der Waals surface area (Å²) in [5.74, 6) is 1.48. The average Bonchev–Trinajstić information content (AvgIpc) is 2.85. The number of amides is 1. The van der Waals surface area contributed by atoms with Gasteiger partial charge in [-0.1, -0.05) is 47.5 Å². The Labute approximate surface area is 118 Å². The highest BCUT2D eigenvalue weighted by molar-refractivity contribution is 5.84. The van der Waals surface area contributed by atoms with Crippen molar-refractivity contribution < 1.29 is 4.79 Å². The molecular formula is C16H30N2O. The summed E-state index contributed by atoms with van der Waals surface area (Å²) in [6, 6.07) is 0.0448. The standard InChI is InChI=1S/C16H30N2O/c1-6-8-13-17-14(11(3)7-2)15(19)18(13)10-12-9-16(12,4)5/h11-14,17H,6-10H2,1-5H3. The zero-order chi connectivity index (χ0) is 14.2.